The molecule has 3 aromatic rings. The van der Waals surface area contributed by atoms with E-state index in [1.807, 2.05) is 42.6 Å². The van der Waals surface area contributed by atoms with Crippen molar-refractivity contribution in [1.29, 1.82) is 0 Å². The summed E-state index contributed by atoms with van der Waals surface area (Å²) in [6.07, 6.45) is 0.548. The van der Waals surface area contributed by atoms with Crippen molar-refractivity contribution < 1.29 is 9.53 Å². The zero-order valence-corrected chi connectivity index (χ0v) is 16.2. The Labute approximate surface area is 156 Å². The van der Waals surface area contributed by atoms with Crippen LogP contribution in [0, 0.1) is 0 Å². The van der Waals surface area contributed by atoms with E-state index in [0.29, 0.717) is 22.5 Å². The number of carbonyl (C=O) groups excluding carboxylic acids is 1. The zero-order valence-electron chi connectivity index (χ0n) is 15.4. The average molecular weight is 370 g/mol. The van der Waals surface area contributed by atoms with E-state index in [1.165, 1.54) is 15.9 Å². The number of rotatable bonds is 5. The fourth-order valence-electron chi connectivity index (χ4n) is 3.08. The SMILES string of the molecule is CCOC(=O)C(C)(C)n1c(CC)nc2scc(-c3ccccc3)c2c1=O. The summed E-state index contributed by atoms with van der Waals surface area (Å²) in [5.74, 6) is 0.149. The van der Waals surface area contributed by atoms with Gasteiger partial charge in [0.15, 0.2) is 0 Å². The van der Waals surface area contributed by atoms with Gasteiger partial charge in [-0.05, 0) is 26.3 Å². The van der Waals surface area contributed by atoms with Crippen LogP contribution in [0.5, 0.6) is 0 Å². The molecule has 2 aromatic heterocycles. The van der Waals surface area contributed by atoms with Crippen molar-refractivity contribution in [1.82, 2.24) is 9.55 Å². The highest BCUT2D eigenvalue weighted by molar-refractivity contribution is 7.17. The Morgan fingerprint density at radius 2 is 1.92 bits per heavy atom. The molecule has 0 atom stereocenters. The maximum absolute atomic E-state index is 13.4. The largest absolute Gasteiger partial charge is 0.464 e. The molecule has 0 saturated heterocycles. The smallest absolute Gasteiger partial charge is 0.331 e. The standard InChI is InChI=1S/C20H22N2O3S/c1-5-15-21-17-16(14(12-26-17)13-10-8-7-9-11-13)18(23)22(15)20(3,4)19(24)25-6-2/h7-12H,5-6H2,1-4H3. The molecule has 0 aliphatic carbocycles. The number of carbonyl (C=O) groups is 1. The average Bonchev–Trinajstić information content (AvgIpc) is 3.06. The number of ether oxygens (including phenoxy) is 1. The fourth-order valence-corrected chi connectivity index (χ4v) is 4.03. The van der Waals surface area contributed by atoms with E-state index >= 15 is 0 Å². The lowest BCUT2D eigenvalue weighted by atomic mass is 10.0. The first kappa shape index (κ1) is 18.3. The van der Waals surface area contributed by atoms with E-state index in [0.717, 1.165) is 11.1 Å². The van der Waals surface area contributed by atoms with Crippen LogP contribution in [0.1, 0.15) is 33.5 Å². The van der Waals surface area contributed by atoms with Crippen molar-refractivity contribution in [3.05, 3.63) is 51.9 Å². The monoisotopic (exact) mass is 370 g/mol. The van der Waals surface area contributed by atoms with Crippen molar-refractivity contribution in [3.8, 4) is 11.1 Å². The molecular formula is C20H22N2O3S. The third kappa shape index (κ3) is 2.94. The number of thiophene rings is 1. The first-order valence-corrected chi connectivity index (χ1v) is 9.56. The third-order valence-corrected chi connectivity index (χ3v) is 5.28. The van der Waals surface area contributed by atoms with E-state index in [2.05, 4.69) is 4.98 Å². The molecule has 0 aliphatic rings. The van der Waals surface area contributed by atoms with Crippen LogP contribution in [-0.4, -0.2) is 22.1 Å². The Balaban J connectivity index is 2.31. The Morgan fingerprint density at radius 1 is 1.23 bits per heavy atom. The minimum Gasteiger partial charge on any atom is -0.464 e. The van der Waals surface area contributed by atoms with E-state index < -0.39 is 11.5 Å². The first-order valence-electron chi connectivity index (χ1n) is 8.68. The third-order valence-electron chi connectivity index (χ3n) is 4.41. The second-order valence-corrected chi connectivity index (χ2v) is 7.36. The molecule has 2 heterocycles. The van der Waals surface area contributed by atoms with Crippen LogP contribution in [0.15, 0.2) is 40.5 Å². The Morgan fingerprint density at radius 3 is 2.54 bits per heavy atom. The van der Waals surface area contributed by atoms with Crippen molar-refractivity contribution in [2.75, 3.05) is 6.61 Å². The van der Waals surface area contributed by atoms with Gasteiger partial charge in [-0.25, -0.2) is 9.78 Å². The van der Waals surface area contributed by atoms with Crippen LogP contribution in [0.4, 0.5) is 0 Å². The first-order chi connectivity index (χ1) is 12.4. The summed E-state index contributed by atoms with van der Waals surface area (Å²) in [4.78, 5) is 31.3. The number of hydrogen-bond acceptors (Lipinski definition) is 5. The van der Waals surface area contributed by atoms with Crippen LogP contribution in [0.2, 0.25) is 0 Å². The molecule has 0 N–H and O–H groups in total. The molecular weight excluding hydrogens is 348 g/mol. The van der Waals surface area contributed by atoms with Gasteiger partial charge >= 0.3 is 5.97 Å². The summed E-state index contributed by atoms with van der Waals surface area (Å²) in [7, 11) is 0. The number of hydrogen-bond donors (Lipinski definition) is 0. The predicted molar refractivity (Wildman–Crippen MR) is 105 cm³/mol. The number of benzene rings is 1. The predicted octanol–water partition coefficient (Wildman–Crippen LogP) is 3.99. The Bertz CT molecular complexity index is 1000. The lowest BCUT2D eigenvalue weighted by molar-refractivity contribution is -0.152. The maximum Gasteiger partial charge on any atom is 0.331 e. The molecule has 1 aromatic carbocycles. The molecule has 3 rings (SSSR count). The van der Waals surface area contributed by atoms with Gasteiger partial charge in [0, 0.05) is 17.4 Å². The lowest BCUT2D eigenvalue weighted by Gasteiger charge is -2.27. The number of nitrogens with zero attached hydrogens (tertiary/aromatic N) is 2. The summed E-state index contributed by atoms with van der Waals surface area (Å²) in [6, 6.07) is 9.75. The summed E-state index contributed by atoms with van der Waals surface area (Å²) < 4.78 is 6.69. The van der Waals surface area contributed by atoms with Crippen molar-refractivity contribution in [2.45, 2.75) is 39.7 Å². The van der Waals surface area contributed by atoms with Crippen LogP contribution >= 0.6 is 11.3 Å². The lowest BCUT2D eigenvalue weighted by Crippen LogP contribution is -2.45. The van der Waals surface area contributed by atoms with Crippen molar-refractivity contribution in [2.24, 2.45) is 0 Å². The minimum atomic E-state index is -1.13. The summed E-state index contributed by atoms with van der Waals surface area (Å²) in [5, 5.41) is 2.51. The van der Waals surface area contributed by atoms with Gasteiger partial charge in [0.1, 0.15) is 16.2 Å². The molecule has 0 spiro atoms. The maximum atomic E-state index is 13.4. The quantitative estimate of drug-likeness (QED) is 0.637. The second kappa shape index (κ2) is 7.03. The molecule has 6 heteroatoms. The topological polar surface area (TPSA) is 61.2 Å². The number of aromatic nitrogens is 2. The summed E-state index contributed by atoms with van der Waals surface area (Å²) in [5.41, 5.74) is 0.474. The molecule has 0 amide bonds. The second-order valence-electron chi connectivity index (χ2n) is 6.50. The molecule has 0 bridgehead atoms. The van der Waals surface area contributed by atoms with Crippen LogP contribution in [0.25, 0.3) is 21.3 Å². The zero-order chi connectivity index (χ0) is 18.9. The van der Waals surface area contributed by atoms with Gasteiger partial charge in [-0.2, -0.15) is 0 Å². The van der Waals surface area contributed by atoms with E-state index in [4.69, 9.17) is 4.74 Å². The van der Waals surface area contributed by atoms with E-state index in [1.54, 1.807) is 20.8 Å². The highest BCUT2D eigenvalue weighted by Crippen LogP contribution is 2.32. The molecule has 0 unspecified atom stereocenters. The van der Waals surface area contributed by atoms with Gasteiger partial charge in [-0.15, -0.1) is 11.3 Å². The number of fused-ring (bicyclic) bond motifs is 1. The summed E-state index contributed by atoms with van der Waals surface area (Å²) in [6.45, 7) is 7.35. The van der Waals surface area contributed by atoms with Gasteiger partial charge in [0.25, 0.3) is 5.56 Å². The van der Waals surface area contributed by atoms with E-state index in [9.17, 15) is 9.59 Å². The van der Waals surface area contributed by atoms with Gasteiger partial charge in [-0.3, -0.25) is 9.36 Å². The summed E-state index contributed by atoms with van der Waals surface area (Å²) >= 11 is 1.45. The highest BCUT2D eigenvalue weighted by Gasteiger charge is 2.35. The Kier molecular flexibility index (Phi) is 4.96. The fraction of sp³-hybridized carbons (Fsp3) is 0.350. The van der Waals surface area contributed by atoms with Crippen LogP contribution < -0.4 is 5.56 Å². The Hall–Kier alpha value is -2.47. The molecule has 0 fully saturated rings. The van der Waals surface area contributed by atoms with Gasteiger partial charge in [0.05, 0.1) is 12.0 Å². The number of esters is 1. The molecule has 136 valence electrons. The van der Waals surface area contributed by atoms with Crippen molar-refractivity contribution >= 4 is 27.5 Å². The van der Waals surface area contributed by atoms with Gasteiger partial charge in [-0.1, -0.05) is 37.3 Å². The highest BCUT2D eigenvalue weighted by atomic mass is 32.1. The molecule has 5 nitrogen and oxygen atoms in total. The molecule has 26 heavy (non-hydrogen) atoms. The van der Waals surface area contributed by atoms with Gasteiger partial charge in [0.2, 0.25) is 0 Å². The molecule has 0 aliphatic heterocycles. The van der Waals surface area contributed by atoms with Crippen LogP contribution in [0.3, 0.4) is 0 Å². The molecule has 0 saturated carbocycles. The van der Waals surface area contributed by atoms with Gasteiger partial charge < -0.3 is 4.74 Å². The normalized spacial score (nSPS) is 11.7. The van der Waals surface area contributed by atoms with Crippen LogP contribution in [-0.2, 0) is 21.5 Å². The van der Waals surface area contributed by atoms with Crippen molar-refractivity contribution in [3.63, 3.8) is 0 Å². The minimum absolute atomic E-state index is 0.204. The van der Waals surface area contributed by atoms with E-state index in [-0.39, 0.29) is 12.2 Å². The molecule has 0 radical (unpaired) electrons. The number of aryl methyl sites for hydroxylation is 1.